The molecule has 0 radical (unpaired) electrons. The predicted molar refractivity (Wildman–Crippen MR) is 91.8 cm³/mol. The minimum Gasteiger partial charge on any atom is -0.299 e. The maximum atomic E-state index is 12.7. The molecule has 2 rings (SSSR count). The van der Waals surface area contributed by atoms with Crippen LogP contribution in [-0.2, 0) is 14.8 Å². The molecule has 23 heavy (non-hydrogen) atoms. The van der Waals surface area contributed by atoms with Gasteiger partial charge in [-0.3, -0.25) is 4.79 Å². The molecular formula is C18H27NO3S. The third-order valence-corrected chi connectivity index (χ3v) is 6.66. The molecule has 0 amide bonds. The lowest BCUT2D eigenvalue weighted by atomic mass is 9.65. The van der Waals surface area contributed by atoms with E-state index in [1.54, 1.807) is 24.3 Å². The Labute approximate surface area is 139 Å². The number of sulfonamides is 1. The normalized spacial score (nSPS) is 25.3. The zero-order valence-electron chi connectivity index (χ0n) is 14.3. The second-order valence-corrected chi connectivity index (χ2v) is 8.23. The molecule has 0 saturated heterocycles. The van der Waals surface area contributed by atoms with Crippen LogP contribution in [0, 0.1) is 12.3 Å². The van der Waals surface area contributed by atoms with Gasteiger partial charge in [-0.25, -0.2) is 13.1 Å². The molecule has 5 heteroatoms. The second-order valence-electron chi connectivity index (χ2n) is 6.52. The number of Topliss-reactive ketones (excluding diaryl/α,β-unsaturated/α-hetero) is 1. The summed E-state index contributed by atoms with van der Waals surface area (Å²) >= 11 is 0. The van der Waals surface area contributed by atoms with Gasteiger partial charge in [-0.2, -0.15) is 0 Å². The predicted octanol–water partition coefficient (Wildman–Crippen LogP) is 3.59. The van der Waals surface area contributed by atoms with Crippen molar-refractivity contribution >= 4 is 15.8 Å². The lowest BCUT2D eigenvalue weighted by Crippen LogP contribution is -2.53. The highest BCUT2D eigenvalue weighted by Crippen LogP contribution is 2.41. The van der Waals surface area contributed by atoms with Crippen molar-refractivity contribution in [3.05, 3.63) is 29.8 Å². The van der Waals surface area contributed by atoms with Crippen LogP contribution in [0.2, 0.25) is 0 Å². The Morgan fingerprint density at radius 1 is 1.22 bits per heavy atom. The first-order chi connectivity index (χ1) is 10.9. The van der Waals surface area contributed by atoms with Crippen LogP contribution in [0.4, 0.5) is 0 Å². The van der Waals surface area contributed by atoms with Crippen LogP contribution in [0.1, 0.15) is 57.9 Å². The Hall–Kier alpha value is -1.20. The zero-order chi connectivity index (χ0) is 17.1. The average molecular weight is 337 g/mol. The fourth-order valence-corrected chi connectivity index (χ4v) is 5.04. The van der Waals surface area contributed by atoms with Crippen LogP contribution in [0.5, 0.6) is 0 Å². The van der Waals surface area contributed by atoms with Gasteiger partial charge in [0.25, 0.3) is 0 Å². The van der Waals surface area contributed by atoms with E-state index in [1.807, 2.05) is 20.8 Å². The summed E-state index contributed by atoms with van der Waals surface area (Å²) in [5.74, 6) is 0.177. The first-order valence-electron chi connectivity index (χ1n) is 8.48. The van der Waals surface area contributed by atoms with E-state index in [0.29, 0.717) is 12.8 Å². The summed E-state index contributed by atoms with van der Waals surface area (Å²) in [5, 5.41) is 0. The Bertz CT molecular complexity index is 651. The maximum absolute atomic E-state index is 12.7. The minimum absolute atomic E-state index is 0.177. The number of nitrogens with one attached hydrogen (secondary N) is 1. The number of carbonyl (C=O) groups is 1. The Morgan fingerprint density at radius 2 is 1.87 bits per heavy atom. The van der Waals surface area contributed by atoms with Crippen LogP contribution in [-0.4, -0.2) is 20.2 Å². The van der Waals surface area contributed by atoms with E-state index >= 15 is 0 Å². The molecule has 0 aromatic heterocycles. The van der Waals surface area contributed by atoms with Gasteiger partial charge in [-0.1, -0.05) is 44.4 Å². The van der Waals surface area contributed by atoms with Crippen molar-refractivity contribution in [2.75, 3.05) is 0 Å². The van der Waals surface area contributed by atoms with Crippen molar-refractivity contribution in [1.29, 1.82) is 0 Å². The van der Waals surface area contributed by atoms with E-state index in [2.05, 4.69) is 4.72 Å². The number of ketones is 1. The molecule has 4 nitrogen and oxygen atoms in total. The Morgan fingerprint density at radius 3 is 2.43 bits per heavy atom. The Kier molecular flexibility index (Phi) is 5.63. The topological polar surface area (TPSA) is 63.2 Å². The SMILES string of the molecule is CCC(=O)[C@@]1(CC)CCCC[C@@H]1NS(=O)(=O)c1ccc(C)cc1. The fraction of sp³-hybridized carbons (Fsp3) is 0.611. The highest BCUT2D eigenvalue weighted by molar-refractivity contribution is 7.89. The molecule has 0 unspecified atom stereocenters. The lowest BCUT2D eigenvalue weighted by Gasteiger charge is -2.42. The van der Waals surface area contributed by atoms with E-state index in [9.17, 15) is 13.2 Å². The Balaban J connectivity index is 2.31. The van der Waals surface area contributed by atoms with Gasteiger partial charge in [-0.05, 0) is 38.3 Å². The van der Waals surface area contributed by atoms with E-state index < -0.39 is 15.4 Å². The van der Waals surface area contributed by atoms with E-state index in [-0.39, 0.29) is 16.7 Å². The molecule has 1 N–H and O–H groups in total. The van der Waals surface area contributed by atoms with Gasteiger partial charge in [0.15, 0.2) is 0 Å². The van der Waals surface area contributed by atoms with Crippen LogP contribution >= 0.6 is 0 Å². The first kappa shape index (κ1) is 18.1. The average Bonchev–Trinajstić information content (AvgIpc) is 2.55. The number of hydrogen-bond donors (Lipinski definition) is 1. The van der Waals surface area contributed by atoms with Gasteiger partial charge in [0, 0.05) is 17.9 Å². The number of benzene rings is 1. The molecule has 128 valence electrons. The molecule has 1 saturated carbocycles. The molecule has 0 spiro atoms. The van der Waals surface area contributed by atoms with Gasteiger partial charge < -0.3 is 0 Å². The third-order valence-electron chi connectivity index (χ3n) is 5.17. The van der Waals surface area contributed by atoms with Crippen molar-refractivity contribution in [2.24, 2.45) is 5.41 Å². The van der Waals surface area contributed by atoms with Gasteiger partial charge in [0.1, 0.15) is 5.78 Å². The minimum atomic E-state index is -3.60. The van der Waals surface area contributed by atoms with E-state index in [0.717, 1.165) is 31.2 Å². The summed E-state index contributed by atoms with van der Waals surface area (Å²) in [6.45, 7) is 5.78. The van der Waals surface area contributed by atoms with Crippen LogP contribution in [0.15, 0.2) is 29.2 Å². The van der Waals surface area contributed by atoms with Crippen molar-refractivity contribution in [2.45, 2.75) is 70.2 Å². The van der Waals surface area contributed by atoms with Crippen LogP contribution in [0.25, 0.3) is 0 Å². The summed E-state index contributed by atoms with van der Waals surface area (Å²) in [5.41, 5.74) is 0.468. The van der Waals surface area contributed by atoms with Gasteiger partial charge in [0.2, 0.25) is 10.0 Å². The number of carbonyl (C=O) groups excluding carboxylic acids is 1. The largest absolute Gasteiger partial charge is 0.299 e. The standard InChI is InChI=1S/C18H27NO3S/c1-4-17(20)18(5-2)13-7-6-8-16(18)19-23(21,22)15-11-9-14(3)10-12-15/h9-12,16,19H,4-8,13H2,1-3H3/t16-,18-/m0/s1. The highest BCUT2D eigenvalue weighted by Gasteiger charge is 2.45. The fourth-order valence-electron chi connectivity index (χ4n) is 3.69. The number of aryl methyl sites for hydroxylation is 1. The third kappa shape index (κ3) is 3.66. The molecule has 1 aliphatic rings. The molecule has 1 fully saturated rings. The summed E-state index contributed by atoms with van der Waals surface area (Å²) in [6, 6.07) is 6.52. The summed E-state index contributed by atoms with van der Waals surface area (Å²) in [6.07, 6.45) is 4.58. The molecule has 1 aliphatic carbocycles. The van der Waals surface area contributed by atoms with Gasteiger partial charge in [0.05, 0.1) is 4.90 Å². The number of hydrogen-bond acceptors (Lipinski definition) is 3. The lowest BCUT2D eigenvalue weighted by molar-refractivity contribution is -0.132. The van der Waals surface area contributed by atoms with Crippen LogP contribution in [0.3, 0.4) is 0 Å². The molecule has 2 atom stereocenters. The van der Waals surface area contributed by atoms with E-state index in [1.165, 1.54) is 0 Å². The summed E-state index contributed by atoms with van der Waals surface area (Å²) in [7, 11) is -3.60. The number of rotatable bonds is 6. The van der Waals surface area contributed by atoms with Crippen molar-refractivity contribution in [1.82, 2.24) is 4.72 Å². The quantitative estimate of drug-likeness (QED) is 0.863. The van der Waals surface area contributed by atoms with Gasteiger partial charge in [-0.15, -0.1) is 0 Å². The highest BCUT2D eigenvalue weighted by atomic mass is 32.2. The first-order valence-corrected chi connectivity index (χ1v) is 9.96. The maximum Gasteiger partial charge on any atom is 0.240 e. The zero-order valence-corrected chi connectivity index (χ0v) is 15.1. The molecule has 1 aromatic rings. The summed E-state index contributed by atoms with van der Waals surface area (Å²) in [4.78, 5) is 12.8. The van der Waals surface area contributed by atoms with Gasteiger partial charge >= 0.3 is 0 Å². The molecule has 0 heterocycles. The molecule has 0 aliphatic heterocycles. The molecule has 1 aromatic carbocycles. The summed E-state index contributed by atoms with van der Waals surface area (Å²) < 4.78 is 28.2. The smallest absolute Gasteiger partial charge is 0.240 e. The monoisotopic (exact) mass is 337 g/mol. The molecule has 0 bridgehead atoms. The second kappa shape index (κ2) is 7.14. The van der Waals surface area contributed by atoms with E-state index in [4.69, 9.17) is 0 Å². The van der Waals surface area contributed by atoms with Crippen molar-refractivity contribution in [3.8, 4) is 0 Å². The van der Waals surface area contributed by atoms with Crippen molar-refractivity contribution in [3.63, 3.8) is 0 Å². The van der Waals surface area contributed by atoms with Crippen LogP contribution < -0.4 is 4.72 Å². The molecular weight excluding hydrogens is 310 g/mol. The van der Waals surface area contributed by atoms with Crippen molar-refractivity contribution < 1.29 is 13.2 Å².